The van der Waals surface area contributed by atoms with Crippen molar-refractivity contribution in [2.24, 2.45) is 5.73 Å². The lowest BCUT2D eigenvalue weighted by atomic mass is 10.0. The number of halogens is 1. The van der Waals surface area contributed by atoms with Crippen molar-refractivity contribution in [3.63, 3.8) is 0 Å². The van der Waals surface area contributed by atoms with Crippen LogP contribution in [0.25, 0.3) is 0 Å². The molecule has 2 heterocycles. The summed E-state index contributed by atoms with van der Waals surface area (Å²) in [6.45, 7) is 3.53. The number of rotatable bonds is 4. The highest BCUT2D eigenvalue weighted by molar-refractivity contribution is 5.88. The number of amides is 2. The highest BCUT2D eigenvalue weighted by atomic mass is 19.1. The average molecular weight is 336 g/mol. The first-order valence-electron chi connectivity index (χ1n) is 7.93. The molecule has 0 radical (unpaired) electrons. The topological polar surface area (TPSA) is 81.9 Å². The minimum Gasteiger partial charge on any atom is -0.483 e. The molecule has 2 aliphatic rings. The lowest BCUT2D eigenvalue weighted by molar-refractivity contribution is -0.139. The van der Waals surface area contributed by atoms with Crippen molar-refractivity contribution in [3.05, 3.63) is 23.8 Å². The minimum atomic E-state index is -1.24. The van der Waals surface area contributed by atoms with Crippen LogP contribution >= 0.6 is 0 Å². The molecule has 3 rings (SSSR count). The number of nitrogens with zero attached hydrogens (tertiary/aromatic N) is 1. The zero-order valence-corrected chi connectivity index (χ0v) is 13.8. The highest BCUT2D eigenvalue weighted by Gasteiger charge is 2.39. The van der Waals surface area contributed by atoms with Crippen molar-refractivity contribution in [2.45, 2.75) is 44.5 Å². The summed E-state index contributed by atoms with van der Waals surface area (Å²) in [5.41, 5.74) is 5.94. The molecule has 24 heavy (non-hydrogen) atoms. The van der Waals surface area contributed by atoms with Crippen molar-refractivity contribution in [1.29, 1.82) is 0 Å². The molecule has 2 aliphatic heterocycles. The average Bonchev–Trinajstić information content (AvgIpc) is 3.03. The Labute approximate surface area is 139 Å². The Kier molecular flexibility index (Phi) is 4.11. The van der Waals surface area contributed by atoms with E-state index in [1.54, 1.807) is 6.07 Å². The van der Waals surface area contributed by atoms with Crippen LogP contribution in [0, 0.1) is 0 Å². The monoisotopic (exact) mass is 336 g/mol. The molecule has 0 saturated carbocycles. The Bertz CT molecular complexity index is 677. The number of primary amides is 1. The number of fused-ring (bicyclic) bond motifs is 1. The first kappa shape index (κ1) is 16.5. The molecule has 2 N–H and O–H groups in total. The molecular formula is C17H21FN2O4. The second-order valence-corrected chi connectivity index (χ2v) is 6.87. The van der Waals surface area contributed by atoms with Gasteiger partial charge in [0.15, 0.2) is 18.1 Å². The molecular weight excluding hydrogens is 315 g/mol. The first-order valence-corrected chi connectivity index (χ1v) is 7.93. The van der Waals surface area contributed by atoms with E-state index in [2.05, 4.69) is 0 Å². The minimum absolute atomic E-state index is 0.0564. The molecule has 1 aromatic carbocycles. The van der Waals surface area contributed by atoms with Gasteiger partial charge in [0.05, 0.1) is 6.54 Å². The first-order chi connectivity index (χ1) is 11.3. The van der Waals surface area contributed by atoms with Gasteiger partial charge in [0.25, 0.3) is 5.91 Å². The smallest absolute Gasteiger partial charge is 0.261 e. The van der Waals surface area contributed by atoms with Crippen LogP contribution in [0.1, 0.15) is 25.8 Å². The third kappa shape index (κ3) is 3.16. The molecule has 1 fully saturated rings. The second-order valence-electron chi connectivity index (χ2n) is 6.87. The molecule has 2 atom stereocenters. The normalized spacial score (nSPS) is 24.4. The van der Waals surface area contributed by atoms with Gasteiger partial charge in [-0.2, -0.15) is 0 Å². The third-order valence-electron chi connectivity index (χ3n) is 4.30. The number of ether oxygens (including phenoxy) is 2. The van der Waals surface area contributed by atoms with E-state index in [4.69, 9.17) is 15.2 Å². The summed E-state index contributed by atoms with van der Waals surface area (Å²) >= 11 is 0. The number of carbonyl (C=O) groups excluding carboxylic acids is 2. The number of para-hydroxylation sites is 1. The van der Waals surface area contributed by atoms with Crippen molar-refractivity contribution in [1.82, 2.24) is 4.90 Å². The predicted octanol–water partition coefficient (Wildman–Crippen LogP) is 1.20. The fourth-order valence-electron chi connectivity index (χ4n) is 3.25. The number of hydrogen-bond donors (Lipinski definition) is 1. The number of carbonyl (C=O) groups is 2. The zero-order valence-electron chi connectivity index (χ0n) is 13.8. The number of nitrogens with two attached hydrogens (primary N) is 1. The Morgan fingerprint density at radius 3 is 2.92 bits per heavy atom. The van der Waals surface area contributed by atoms with Crippen LogP contribution in [0.5, 0.6) is 11.5 Å². The van der Waals surface area contributed by atoms with E-state index in [-0.39, 0.29) is 25.2 Å². The lowest BCUT2D eigenvalue weighted by Gasteiger charge is -2.22. The maximum atomic E-state index is 13.5. The number of hydrogen-bond acceptors (Lipinski definition) is 4. The largest absolute Gasteiger partial charge is 0.483 e. The molecule has 7 heteroatoms. The molecule has 2 amide bonds. The Morgan fingerprint density at radius 2 is 2.21 bits per heavy atom. The molecule has 1 aromatic rings. The van der Waals surface area contributed by atoms with E-state index < -0.39 is 24.0 Å². The molecule has 0 aromatic heterocycles. The number of likely N-dealkylation sites (tertiary alicyclic amines) is 1. The van der Waals surface area contributed by atoms with Crippen LogP contribution in [0.4, 0.5) is 4.39 Å². The molecule has 1 saturated heterocycles. The Morgan fingerprint density at radius 1 is 1.46 bits per heavy atom. The molecule has 0 spiro atoms. The molecule has 0 unspecified atom stereocenters. The Balaban J connectivity index is 1.68. The SMILES string of the molecule is CC1(C)Cc2cccc(OCC(=O)N3C[C@H](F)C[C@H]3C(N)=O)c2O1. The second kappa shape index (κ2) is 5.96. The van der Waals surface area contributed by atoms with Gasteiger partial charge in [-0.1, -0.05) is 12.1 Å². The number of benzene rings is 1. The standard InChI is InChI=1S/C17H21FN2O4/c1-17(2)7-10-4-3-5-13(15(10)24-17)23-9-14(21)20-8-11(18)6-12(20)16(19)22/h3-5,11-12H,6-9H2,1-2H3,(H2,19,22)/t11-,12+/m1/s1. The summed E-state index contributed by atoms with van der Waals surface area (Å²) in [5, 5.41) is 0. The molecule has 0 aliphatic carbocycles. The van der Waals surface area contributed by atoms with Crippen molar-refractivity contribution < 1.29 is 23.5 Å². The maximum Gasteiger partial charge on any atom is 0.261 e. The summed E-state index contributed by atoms with van der Waals surface area (Å²) < 4.78 is 25.0. The molecule has 6 nitrogen and oxygen atoms in total. The van der Waals surface area contributed by atoms with E-state index in [1.165, 1.54) is 0 Å². The maximum absolute atomic E-state index is 13.5. The van der Waals surface area contributed by atoms with E-state index in [1.807, 2.05) is 26.0 Å². The van der Waals surface area contributed by atoms with Gasteiger partial charge in [0.2, 0.25) is 5.91 Å². The zero-order chi connectivity index (χ0) is 17.5. The van der Waals surface area contributed by atoms with Crippen LogP contribution in [0.15, 0.2) is 18.2 Å². The van der Waals surface area contributed by atoms with Crippen molar-refractivity contribution in [3.8, 4) is 11.5 Å². The van der Waals surface area contributed by atoms with Gasteiger partial charge in [-0.25, -0.2) is 4.39 Å². The van der Waals surface area contributed by atoms with Gasteiger partial charge in [-0.05, 0) is 19.9 Å². The van der Waals surface area contributed by atoms with Crippen LogP contribution in [-0.4, -0.2) is 47.7 Å². The molecule has 0 bridgehead atoms. The van der Waals surface area contributed by atoms with Crippen LogP contribution in [0.3, 0.4) is 0 Å². The van der Waals surface area contributed by atoms with Crippen molar-refractivity contribution in [2.75, 3.05) is 13.2 Å². The van der Waals surface area contributed by atoms with Gasteiger partial charge in [-0.3, -0.25) is 9.59 Å². The molecule has 130 valence electrons. The van der Waals surface area contributed by atoms with Crippen LogP contribution in [0.2, 0.25) is 0 Å². The number of alkyl halides is 1. The van der Waals surface area contributed by atoms with Gasteiger partial charge in [0, 0.05) is 18.4 Å². The summed E-state index contributed by atoms with van der Waals surface area (Å²) in [5.74, 6) is -0.0624. The van der Waals surface area contributed by atoms with Crippen LogP contribution < -0.4 is 15.2 Å². The van der Waals surface area contributed by atoms with Gasteiger partial charge < -0.3 is 20.1 Å². The summed E-state index contributed by atoms with van der Waals surface area (Å²) in [6.07, 6.45) is -0.539. The fourth-order valence-corrected chi connectivity index (χ4v) is 3.25. The van der Waals surface area contributed by atoms with E-state index in [9.17, 15) is 14.0 Å². The summed E-state index contributed by atoms with van der Waals surface area (Å²) in [4.78, 5) is 24.8. The van der Waals surface area contributed by atoms with E-state index in [0.29, 0.717) is 11.5 Å². The summed E-state index contributed by atoms with van der Waals surface area (Å²) in [7, 11) is 0. The van der Waals surface area contributed by atoms with Gasteiger partial charge in [0.1, 0.15) is 17.8 Å². The highest BCUT2D eigenvalue weighted by Crippen LogP contribution is 2.41. The predicted molar refractivity (Wildman–Crippen MR) is 84.6 cm³/mol. The van der Waals surface area contributed by atoms with E-state index >= 15 is 0 Å². The lowest BCUT2D eigenvalue weighted by Crippen LogP contribution is -2.45. The third-order valence-corrected chi connectivity index (χ3v) is 4.30. The van der Waals surface area contributed by atoms with Gasteiger partial charge in [-0.15, -0.1) is 0 Å². The van der Waals surface area contributed by atoms with Crippen LogP contribution in [-0.2, 0) is 16.0 Å². The van der Waals surface area contributed by atoms with Crippen molar-refractivity contribution >= 4 is 11.8 Å². The Hall–Kier alpha value is -2.31. The summed E-state index contributed by atoms with van der Waals surface area (Å²) in [6, 6.07) is 4.60. The van der Waals surface area contributed by atoms with E-state index in [0.717, 1.165) is 16.9 Å². The quantitative estimate of drug-likeness (QED) is 0.896. The fraction of sp³-hybridized carbons (Fsp3) is 0.529. The van der Waals surface area contributed by atoms with Gasteiger partial charge >= 0.3 is 0 Å².